The van der Waals surface area contributed by atoms with Crippen LogP contribution in [0.25, 0.3) is 0 Å². The van der Waals surface area contributed by atoms with Crippen LogP contribution in [0.1, 0.15) is 47.8 Å². The number of thioether (sulfide) groups is 1. The number of hydrogen-bond acceptors (Lipinski definition) is 4. The van der Waals surface area contributed by atoms with Gasteiger partial charge in [-0.3, -0.25) is 0 Å². The lowest BCUT2D eigenvalue weighted by molar-refractivity contribution is 0.489. The lowest BCUT2D eigenvalue weighted by Gasteiger charge is -2.19. The van der Waals surface area contributed by atoms with Crippen molar-refractivity contribution < 1.29 is 0 Å². The first-order valence-electron chi connectivity index (χ1n) is 6.08. The van der Waals surface area contributed by atoms with E-state index in [-0.39, 0.29) is 0 Å². The Balaban J connectivity index is 2.03. The molecule has 1 aliphatic carbocycles. The summed E-state index contributed by atoms with van der Waals surface area (Å²) in [6.07, 6.45) is 5.05. The number of aromatic nitrogens is 1. The molecule has 0 aliphatic heterocycles. The van der Waals surface area contributed by atoms with E-state index >= 15 is 0 Å². The number of aryl methyl sites for hydroxylation is 1. The molecule has 4 heteroatoms. The number of rotatable bonds is 5. The molecule has 90 valence electrons. The summed E-state index contributed by atoms with van der Waals surface area (Å²) in [6.45, 7) is 2.23. The van der Waals surface area contributed by atoms with Gasteiger partial charge >= 0.3 is 0 Å². The zero-order valence-electron chi connectivity index (χ0n) is 10.1. The van der Waals surface area contributed by atoms with Crippen molar-refractivity contribution in [3.63, 3.8) is 0 Å². The fourth-order valence-corrected chi connectivity index (χ4v) is 4.24. The monoisotopic (exact) mass is 256 g/mol. The molecule has 1 atom stereocenters. The van der Waals surface area contributed by atoms with E-state index in [0.717, 1.165) is 5.75 Å². The van der Waals surface area contributed by atoms with Gasteiger partial charge in [0.2, 0.25) is 0 Å². The second-order valence-electron chi connectivity index (χ2n) is 4.20. The Kier molecular flexibility index (Phi) is 4.67. The highest BCUT2D eigenvalue weighted by atomic mass is 32.2. The highest BCUT2D eigenvalue weighted by Crippen LogP contribution is 2.34. The van der Waals surface area contributed by atoms with Crippen molar-refractivity contribution in [1.29, 1.82) is 0 Å². The summed E-state index contributed by atoms with van der Waals surface area (Å²) in [5, 5.41) is 4.70. The van der Waals surface area contributed by atoms with Gasteiger partial charge in [0.05, 0.1) is 11.7 Å². The molecule has 0 bridgehead atoms. The summed E-state index contributed by atoms with van der Waals surface area (Å²) in [5.41, 5.74) is 1.34. The largest absolute Gasteiger partial charge is 0.312 e. The molecule has 1 unspecified atom stereocenters. The third-order valence-corrected chi connectivity index (χ3v) is 5.41. The lowest BCUT2D eigenvalue weighted by Crippen LogP contribution is -2.21. The van der Waals surface area contributed by atoms with E-state index < -0.39 is 0 Å². The molecule has 2 nitrogen and oxygen atoms in total. The highest BCUT2D eigenvalue weighted by Gasteiger charge is 2.23. The Morgan fingerprint density at radius 3 is 3.19 bits per heavy atom. The molecule has 1 aliphatic rings. The Bertz CT molecular complexity index is 336. The summed E-state index contributed by atoms with van der Waals surface area (Å²) >= 11 is 3.94. The number of thiazole rings is 1. The van der Waals surface area contributed by atoms with E-state index in [9.17, 15) is 0 Å². The van der Waals surface area contributed by atoms with Crippen LogP contribution in [0.4, 0.5) is 0 Å². The van der Waals surface area contributed by atoms with Crippen molar-refractivity contribution in [1.82, 2.24) is 10.3 Å². The molecule has 0 radical (unpaired) electrons. The molecule has 0 aromatic carbocycles. The zero-order chi connectivity index (χ0) is 11.4. The Labute approximate surface area is 106 Å². The van der Waals surface area contributed by atoms with Crippen molar-refractivity contribution in [3.05, 3.63) is 15.6 Å². The van der Waals surface area contributed by atoms with Gasteiger partial charge in [-0.25, -0.2) is 4.98 Å². The topological polar surface area (TPSA) is 24.9 Å². The Morgan fingerprint density at radius 2 is 2.44 bits per heavy atom. The van der Waals surface area contributed by atoms with Gasteiger partial charge in [0.1, 0.15) is 5.01 Å². The van der Waals surface area contributed by atoms with E-state index in [0.29, 0.717) is 6.04 Å². The number of hydrogen-bond donors (Lipinski definition) is 1. The summed E-state index contributed by atoms with van der Waals surface area (Å²) in [4.78, 5) is 6.34. The smallest absolute Gasteiger partial charge is 0.103 e. The van der Waals surface area contributed by atoms with Crippen molar-refractivity contribution in [2.24, 2.45) is 0 Å². The maximum Gasteiger partial charge on any atom is 0.103 e. The van der Waals surface area contributed by atoms with Crippen LogP contribution in [0.2, 0.25) is 0 Å². The standard InChI is InChI=1S/C12H20N2S2/c1-3-7-15-8-11-14-12-9(13-2)5-4-6-10(12)16-11/h9,13H,3-8H2,1-2H3. The molecule has 2 rings (SSSR count). The summed E-state index contributed by atoms with van der Waals surface area (Å²) in [6, 6.07) is 0.505. The van der Waals surface area contributed by atoms with E-state index in [4.69, 9.17) is 4.98 Å². The third-order valence-electron chi connectivity index (χ3n) is 2.92. The van der Waals surface area contributed by atoms with Crippen LogP contribution in [0.15, 0.2) is 0 Å². The highest BCUT2D eigenvalue weighted by molar-refractivity contribution is 7.98. The van der Waals surface area contributed by atoms with Crippen LogP contribution in [0.3, 0.4) is 0 Å². The molecule has 1 aromatic rings. The van der Waals surface area contributed by atoms with Crippen LogP contribution in [-0.2, 0) is 12.2 Å². The summed E-state index contributed by atoms with van der Waals surface area (Å²) in [5.74, 6) is 2.35. The van der Waals surface area contributed by atoms with Gasteiger partial charge in [-0.05, 0) is 38.5 Å². The third kappa shape index (κ3) is 2.79. The van der Waals surface area contributed by atoms with Gasteiger partial charge in [-0.2, -0.15) is 11.8 Å². The van der Waals surface area contributed by atoms with E-state index in [2.05, 4.69) is 12.2 Å². The first-order chi connectivity index (χ1) is 7.85. The minimum Gasteiger partial charge on any atom is -0.312 e. The molecule has 0 spiro atoms. The average Bonchev–Trinajstić information content (AvgIpc) is 2.71. The molecule has 0 saturated heterocycles. The van der Waals surface area contributed by atoms with Crippen molar-refractivity contribution in [2.75, 3.05) is 12.8 Å². The number of nitrogens with zero attached hydrogens (tertiary/aromatic N) is 1. The molecule has 16 heavy (non-hydrogen) atoms. The fourth-order valence-electron chi connectivity index (χ4n) is 2.12. The van der Waals surface area contributed by atoms with Gasteiger partial charge in [-0.15, -0.1) is 11.3 Å². The molecular weight excluding hydrogens is 236 g/mol. The molecular formula is C12H20N2S2. The van der Waals surface area contributed by atoms with E-state index in [1.807, 2.05) is 30.1 Å². The van der Waals surface area contributed by atoms with Crippen molar-refractivity contribution in [2.45, 2.75) is 44.4 Å². The van der Waals surface area contributed by atoms with Crippen molar-refractivity contribution >= 4 is 23.1 Å². The molecule has 0 fully saturated rings. The van der Waals surface area contributed by atoms with Gasteiger partial charge in [0, 0.05) is 10.6 Å². The van der Waals surface area contributed by atoms with Gasteiger partial charge in [0.25, 0.3) is 0 Å². The van der Waals surface area contributed by atoms with Crippen LogP contribution in [-0.4, -0.2) is 17.8 Å². The Hall–Kier alpha value is -0.0600. The normalized spacial score (nSPS) is 19.8. The maximum absolute atomic E-state index is 4.81. The predicted octanol–water partition coefficient (Wildman–Crippen LogP) is 3.38. The van der Waals surface area contributed by atoms with E-state index in [1.54, 1.807) is 0 Å². The van der Waals surface area contributed by atoms with Crippen molar-refractivity contribution in [3.8, 4) is 0 Å². The van der Waals surface area contributed by atoms with Crippen LogP contribution in [0, 0.1) is 0 Å². The molecule has 1 heterocycles. The first-order valence-corrected chi connectivity index (χ1v) is 8.05. The number of fused-ring (bicyclic) bond motifs is 1. The molecule has 1 aromatic heterocycles. The molecule has 0 saturated carbocycles. The fraction of sp³-hybridized carbons (Fsp3) is 0.750. The van der Waals surface area contributed by atoms with Crippen LogP contribution < -0.4 is 5.32 Å². The lowest BCUT2D eigenvalue weighted by atomic mass is 9.98. The maximum atomic E-state index is 4.81. The predicted molar refractivity (Wildman–Crippen MR) is 73.3 cm³/mol. The molecule has 1 N–H and O–H groups in total. The second kappa shape index (κ2) is 6.03. The summed E-state index contributed by atoms with van der Waals surface area (Å²) < 4.78 is 0. The number of nitrogens with one attached hydrogen (secondary N) is 1. The van der Waals surface area contributed by atoms with E-state index in [1.165, 1.54) is 47.0 Å². The average molecular weight is 256 g/mol. The van der Waals surface area contributed by atoms with Crippen LogP contribution in [0.5, 0.6) is 0 Å². The second-order valence-corrected chi connectivity index (χ2v) is 6.48. The molecule has 0 amide bonds. The van der Waals surface area contributed by atoms with Gasteiger partial charge in [0.15, 0.2) is 0 Å². The van der Waals surface area contributed by atoms with Crippen LogP contribution >= 0.6 is 23.1 Å². The Morgan fingerprint density at radius 1 is 1.56 bits per heavy atom. The van der Waals surface area contributed by atoms with Gasteiger partial charge in [-0.1, -0.05) is 6.92 Å². The first kappa shape index (κ1) is 12.4. The zero-order valence-corrected chi connectivity index (χ0v) is 11.7. The van der Waals surface area contributed by atoms with Gasteiger partial charge < -0.3 is 5.32 Å². The summed E-state index contributed by atoms with van der Waals surface area (Å²) in [7, 11) is 2.05. The SMILES string of the molecule is CCCSCc1nc2c(s1)CCCC2NC. The minimum atomic E-state index is 0.505. The quantitative estimate of drug-likeness (QED) is 0.818. The minimum absolute atomic E-state index is 0.505.